The average molecular weight is 448 g/mol. The molecule has 2 aromatic rings. The first-order valence-electron chi connectivity index (χ1n) is 8.50. The van der Waals surface area contributed by atoms with Crippen molar-refractivity contribution in [1.29, 1.82) is 0 Å². The molecule has 1 atom stereocenters. The Morgan fingerprint density at radius 3 is 2.56 bits per heavy atom. The van der Waals surface area contributed by atoms with Crippen LogP contribution in [-0.2, 0) is 6.42 Å². The molecule has 0 saturated carbocycles. The summed E-state index contributed by atoms with van der Waals surface area (Å²) < 4.78 is 6.11. The van der Waals surface area contributed by atoms with Crippen molar-refractivity contribution in [3.05, 3.63) is 65.2 Å². The SMILES string of the molecule is COc1ccc(C(=O)C2(CCCI)CCc3ccccc3C2=O)cc1. The zero-order chi connectivity index (χ0) is 17.9. The molecule has 0 heterocycles. The first kappa shape index (κ1) is 18.1. The Bertz CT molecular complexity index is 782. The summed E-state index contributed by atoms with van der Waals surface area (Å²) in [5, 5.41) is 0. The number of rotatable bonds is 6. The molecule has 0 aromatic heterocycles. The third-order valence-electron chi connectivity index (χ3n) is 5.04. The van der Waals surface area contributed by atoms with Crippen LogP contribution >= 0.6 is 22.6 Å². The molecule has 0 amide bonds. The maximum atomic E-state index is 13.4. The molecule has 4 heteroatoms. The van der Waals surface area contributed by atoms with Gasteiger partial charge in [-0.1, -0.05) is 46.9 Å². The maximum absolute atomic E-state index is 13.4. The van der Waals surface area contributed by atoms with E-state index in [1.807, 2.05) is 24.3 Å². The van der Waals surface area contributed by atoms with Gasteiger partial charge in [0.2, 0.25) is 0 Å². The molecule has 2 aromatic carbocycles. The van der Waals surface area contributed by atoms with Crippen LogP contribution in [0.15, 0.2) is 48.5 Å². The Balaban J connectivity index is 2.01. The van der Waals surface area contributed by atoms with Crippen molar-refractivity contribution in [1.82, 2.24) is 0 Å². The van der Waals surface area contributed by atoms with Gasteiger partial charge in [0.25, 0.3) is 0 Å². The molecule has 3 nitrogen and oxygen atoms in total. The summed E-state index contributed by atoms with van der Waals surface area (Å²) in [6, 6.07) is 14.8. The van der Waals surface area contributed by atoms with Crippen LogP contribution in [0.1, 0.15) is 45.5 Å². The van der Waals surface area contributed by atoms with Crippen molar-refractivity contribution in [2.45, 2.75) is 25.7 Å². The van der Waals surface area contributed by atoms with Crippen molar-refractivity contribution in [2.24, 2.45) is 5.41 Å². The number of aryl methyl sites for hydroxylation is 1. The summed E-state index contributed by atoms with van der Waals surface area (Å²) in [6.07, 6.45) is 2.82. The van der Waals surface area contributed by atoms with Crippen molar-refractivity contribution in [2.75, 3.05) is 11.5 Å². The predicted molar refractivity (Wildman–Crippen MR) is 107 cm³/mol. The highest BCUT2D eigenvalue weighted by Gasteiger charge is 2.47. The molecule has 1 aliphatic rings. The van der Waals surface area contributed by atoms with E-state index in [1.54, 1.807) is 31.4 Å². The quantitative estimate of drug-likeness (QED) is 0.273. The van der Waals surface area contributed by atoms with Gasteiger partial charge in [-0.05, 0) is 59.9 Å². The Hall–Kier alpha value is -1.69. The van der Waals surface area contributed by atoms with E-state index in [0.717, 1.165) is 22.8 Å². The van der Waals surface area contributed by atoms with Gasteiger partial charge in [0, 0.05) is 11.1 Å². The number of Topliss-reactive ketones (excluding diaryl/α,β-unsaturated/α-hetero) is 2. The van der Waals surface area contributed by atoms with E-state index in [9.17, 15) is 9.59 Å². The molecule has 0 N–H and O–H groups in total. The van der Waals surface area contributed by atoms with Gasteiger partial charge in [-0.3, -0.25) is 9.59 Å². The lowest BCUT2D eigenvalue weighted by Crippen LogP contribution is -2.43. The number of alkyl halides is 1. The Morgan fingerprint density at radius 2 is 1.88 bits per heavy atom. The van der Waals surface area contributed by atoms with Crippen LogP contribution in [0.25, 0.3) is 0 Å². The molecular weight excluding hydrogens is 427 g/mol. The Labute approximate surface area is 161 Å². The minimum atomic E-state index is -0.936. The molecule has 130 valence electrons. The molecule has 0 saturated heterocycles. The zero-order valence-electron chi connectivity index (χ0n) is 14.3. The smallest absolute Gasteiger partial charge is 0.177 e. The number of carbonyl (C=O) groups is 2. The third kappa shape index (κ3) is 3.36. The van der Waals surface area contributed by atoms with Crippen LogP contribution in [0.5, 0.6) is 5.75 Å². The van der Waals surface area contributed by atoms with E-state index in [4.69, 9.17) is 4.74 Å². The van der Waals surface area contributed by atoms with Gasteiger partial charge in [0.1, 0.15) is 5.75 Å². The number of ether oxygens (including phenoxy) is 1. The summed E-state index contributed by atoms with van der Waals surface area (Å²) in [4.78, 5) is 26.7. The second-order valence-corrected chi connectivity index (χ2v) is 7.50. The highest BCUT2D eigenvalue weighted by atomic mass is 127. The highest BCUT2D eigenvalue weighted by Crippen LogP contribution is 2.42. The first-order chi connectivity index (χ1) is 12.1. The van der Waals surface area contributed by atoms with Crippen molar-refractivity contribution in [3.63, 3.8) is 0 Å². The summed E-state index contributed by atoms with van der Waals surface area (Å²) >= 11 is 2.31. The highest BCUT2D eigenvalue weighted by molar-refractivity contribution is 14.1. The molecule has 0 spiro atoms. The van der Waals surface area contributed by atoms with Crippen molar-refractivity contribution in [3.8, 4) is 5.75 Å². The topological polar surface area (TPSA) is 43.4 Å². The minimum Gasteiger partial charge on any atom is -0.497 e. The number of carbonyl (C=O) groups excluding carboxylic acids is 2. The van der Waals surface area contributed by atoms with Gasteiger partial charge in [0.15, 0.2) is 11.6 Å². The third-order valence-corrected chi connectivity index (χ3v) is 5.80. The minimum absolute atomic E-state index is 0.0139. The van der Waals surface area contributed by atoms with E-state index in [2.05, 4.69) is 22.6 Å². The van der Waals surface area contributed by atoms with Crippen LogP contribution in [0.3, 0.4) is 0 Å². The number of hydrogen-bond donors (Lipinski definition) is 0. The number of ketones is 2. The monoisotopic (exact) mass is 448 g/mol. The van der Waals surface area contributed by atoms with Crippen molar-refractivity contribution < 1.29 is 14.3 Å². The van der Waals surface area contributed by atoms with Crippen molar-refractivity contribution >= 4 is 34.2 Å². The molecule has 0 bridgehead atoms. The van der Waals surface area contributed by atoms with Gasteiger partial charge >= 0.3 is 0 Å². The van der Waals surface area contributed by atoms with Crippen LogP contribution in [-0.4, -0.2) is 23.1 Å². The Morgan fingerprint density at radius 1 is 1.16 bits per heavy atom. The van der Waals surface area contributed by atoms with Gasteiger partial charge in [-0.15, -0.1) is 0 Å². The number of benzene rings is 2. The molecule has 1 unspecified atom stereocenters. The normalized spacial score (nSPS) is 19.4. The fourth-order valence-corrected chi connectivity index (χ4v) is 4.02. The summed E-state index contributed by atoms with van der Waals surface area (Å²) in [5.74, 6) is 0.637. The lowest BCUT2D eigenvalue weighted by molar-refractivity contribution is 0.0615. The van der Waals surface area contributed by atoms with Crippen LogP contribution in [0.2, 0.25) is 0 Å². The lowest BCUT2D eigenvalue weighted by atomic mass is 9.64. The first-order valence-corrected chi connectivity index (χ1v) is 10.0. The maximum Gasteiger partial charge on any atom is 0.177 e. The molecule has 3 rings (SSSR count). The standard InChI is InChI=1S/C21H21IO3/c1-25-17-9-7-16(8-10-17)19(23)21(12-4-14-22)13-11-15-5-2-3-6-18(15)20(21)24/h2-3,5-10H,4,11-14H2,1H3. The molecular formula is C21H21IO3. The van der Waals surface area contributed by atoms with E-state index in [0.29, 0.717) is 29.7 Å². The van der Waals surface area contributed by atoms with Gasteiger partial charge in [-0.25, -0.2) is 0 Å². The van der Waals surface area contributed by atoms with Gasteiger partial charge in [-0.2, -0.15) is 0 Å². The molecule has 0 aliphatic heterocycles. The number of fused-ring (bicyclic) bond motifs is 1. The van der Waals surface area contributed by atoms with E-state index in [-0.39, 0.29) is 11.6 Å². The van der Waals surface area contributed by atoms with E-state index < -0.39 is 5.41 Å². The fraction of sp³-hybridized carbons (Fsp3) is 0.333. The average Bonchev–Trinajstić information content (AvgIpc) is 2.67. The lowest BCUT2D eigenvalue weighted by Gasteiger charge is -2.35. The summed E-state index contributed by atoms with van der Waals surface area (Å²) in [6.45, 7) is 0. The molecule has 25 heavy (non-hydrogen) atoms. The number of methoxy groups -OCH3 is 1. The van der Waals surface area contributed by atoms with Gasteiger partial charge in [0.05, 0.1) is 12.5 Å². The van der Waals surface area contributed by atoms with E-state index in [1.165, 1.54) is 0 Å². The largest absolute Gasteiger partial charge is 0.497 e. The second kappa shape index (κ2) is 7.68. The second-order valence-electron chi connectivity index (χ2n) is 6.42. The fourth-order valence-electron chi connectivity index (χ4n) is 3.64. The number of hydrogen-bond acceptors (Lipinski definition) is 3. The van der Waals surface area contributed by atoms with Crippen LogP contribution in [0, 0.1) is 5.41 Å². The molecule has 0 radical (unpaired) electrons. The van der Waals surface area contributed by atoms with Gasteiger partial charge < -0.3 is 4.74 Å². The zero-order valence-corrected chi connectivity index (χ0v) is 16.4. The van der Waals surface area contributed by atoms with Crippen LogP contribution in [0.4, 0.5) is 0 Å². The Kier molecular flexibility index (Phi) is 5.57. The van der Waals surface area contributed by atoms with E-state index >= 15 is 0 Å². The van der Waals surface area contributed by atoms with Crippen LogP contribution < -0.4 is 4.74 Å². The predicted octanol–water partition coefficient (Wildman–Crippen LogP) is 4.91. The summed E-state index contributed by atoms with van der Waals surface area (Å²) in [7, 11) is 1.60. The summed E-state index contributed by atoms with van der Waals surface area (Å²) in [5.41, 5.74) is 1.42. The molecule has 1 aliphatic carbocycles. The number of halogens is 1. The molecule has 0 fully saturated rings.